The summed E-state index contributed by atoms with van der Waals surface area (Å²) in [5.41, 5.74) is 1.28. The molecule has 0 unspecified atom stereocenters. The van der Waals surface area contributed by atoms with E-state index in [9.17, 15) is 0 Å². The molecule has 0 spiro atoms. The van der Waals surface area contributed by atoms with Crippen LogP contribution in [0, 0.1) is 0 Å². The molecule has 6 heteroatoms. The van der Waals surface area contributed by atoms with Crippen molar-refractivity contribution < 1.29 is 14.2 Å². The molecule has 3 aromatic rings. The summed E-state index contributed by atoms with van der Waals surface area (Å²) in [6.07, 6.45) is 3.67. The molecule has 0 aliphatic carbocycles. The molecule has 1 fully saturated rings. The van der Waals surface area contributed by atoms with Crippen molar-refractivity contribution in [1.82, 2.24) is 10.3 Å². The monoisotopic (exact) mass is 398 g/mol. The van der Waals surface area contributed by atoms with Crippen LogP contribution in [0.15, 0.2) is 48.0 Å². The van der Waals surface area contributed by atoms with Gasteiger partial charge in [0, 0.05) is 24.0 Å². The first-order valence-corrected chi connectivity index (χ1v) is 10.6. The van der Waals surface area contributed by atoms with Crippen LogP contribution < -0.4 is 10.1 Å². The van der Waals surface area contributed by atoms with Crippen LogP contribution in [-0.2, 0) is 16.0 Å². The van der Waals surface area contributed by atoms with Gasteiger partial charge in [0.05, 0.1) is 20.3 Å². The quantitative estimate of drug-likeness (QED) is 0.573. The lowest BCUT2D eigenvalue weighted by molar-refractivity contribution is -0.189. The summed E-state index contributed by atoms with van der Waals surface area (Å²) in [5.74, 6) is 1.14. The van der Waals surface area contributed by atoms with Gasteiger partial charge in [-0.2, -0.15) is 0 Å². The van der Waals surface area contributed by atoms with Crippen LogP contribution in [0.1, 0.15) is 29.3 Å². The van der Waals surface area contributed by atoms with Crippen LogP contribution in [0.4, 0.5) is 0 Å². The molecule has 4 rings (SSSR count). The first-order valence-electron chi connectivity index (χ1n) is 9.72. The van der Waals surface area contributed by atoms with Crippen molar-refractivity contribution in [3.8, 4) is 5.75 Å². The number of nitrogens with zero attached hydrogens (tertiary/aromatic N) is 1. The van der Waals surface area contributed by atoms with Crippen LogP contribution in [0.2, 0.25) is 0 Å². The summed E-state index contributed by atoms with van der Waals surface area (Å²) in [6.45, 7) is 3.17. The highest BCUT2D eigenvalue weighted by atomic mass is 32.1. The Morgan fingerprint density at radius 3 is 2.89 bits per heavy atom. The summed E-state index contributed by atoms with van der Waals surface area (Å²) in [7, 11) is 1.70. The Kier molecular flexibility index (Phi) is 6.54. The zero-order valence-corrected chi connectivity index (χ0v) is 16.9. The highest BCUT2D eigenvalue weighted by molar-refractivity contribution is 7.09. The average Bonchev–Trinajstić information content (AvgIpc) is 3.27. The van der Waals surface area contributed by atoms with Crippen molar-refractivity contribution in [3.05, 3.63) is 58.5 Å². The Balaban J connectivity index is 1.25. The number of aromatic nitrogens is 1. The van der Waals surface area contributed by atoms with Crippen molar-refractivity contribution in [2.45, 2.75) is 31.6 Å². The molecule has 2 aromatic carbocycles. The summed E-state index contributed by atoms with van der Waals surface area (Å²) in [4.78, 5) is 4.27. The van der Waals surface area contributed by atoms with Crippen LogP contribution in [-0.4, -0.2) is 38.1 Å². The lowest BCUT2D eigenvalue weighted by Crippen LogP contribution is -2.31. The van der Waals surface area contributed by atoms with E-state index in [0.29, 0.717) is 13.2 Å². The maximum atomic E-state index is 6.01. The Bertz CT molecular complexity index is 877. The number of thiazole rings is 1. The van der Waals surface area contributed by atoms with E-state index >= 15 is 0 Å². The van der Waals surface area contributed by atoms with E-state index in [0.717, 1.165) is 36.7 Å². The Morgan fingerprint density at radius 2 is 2.11 bits per heavy atom. The second-order valence-corrected chi connectivity index (χ2v) is 7.95. The van der Waals surface area contributed by atoms with Crippen LogP contribution in [0.25, 0.3) is 10.8 Å². The van der Waals surface area contributed by atoms with Gasteiger partial charge < -0.3 is 19.5 Å². The van der Waals surface area contributed by atoms with Gasteiger partial charge in [-0.25, -0.2) is 4.98 Å². The first-order chi connectivity index (χ1) is 13.8. The lowest BCUT2D eigenvalue weighted by Gasteiger charge is -2.30. The van der Waals surface area contributed by atoms with Gasteiger partial charge in [-0.3, -0.25) is 0 Å². The molecule has 5 nitrogen and oxygen atoms in total. The third kappa shape index (κ3) is 4.70. The fourth-order valence-corrected chi connectivity index (χ4v) is 4.17. The molecule has 1 saturated heterocycles. The fourth-order valence-electron chi connectivity index (χ4n) is 3.59. The number of rotatable bonds is 8. The lowest BCUT2D eigenvalue weighted by atomic mass is 9.94. The number of ether oxygens (including phenoxy) is 3. The van der Waals surface area contributed by atoms with Crippen molar-refractivity contribution >= 4 is 22.1 Å². The van der Waals surface area contributed by atoms with Gasteiger partial charge in [-0.1, -0.05) is 24.3 Å². The number of hydrogen-bond donors (Lipinski definition) is 1. The normalized spacial score (nSPS) is 19.8. The summed E-state index contributed by atoms with van der Waals surface area (Å²) >= 11 is 1.68. The van der Waals surface area contributed by atoms with Gasteiger partial charge >= 0.3 is 0 Å². The standard InChI is InChI=1S/C22H26N2O3S/c1-25-18-7-8-20-16(12-18)4-2-5-19(20)17-14-26-22(27-15-17)6-3-9-23-13-21-24-10-11-28-21/h2,4-5,7-8,10-12,17,22-23H,3,6,9,13-15H2,1H3. The molecule has 0 radical (unpaired) electrons. The Labute approximate surface area is 169 Å². The molecule has 1 aliphatic rings. The molecule has 148 valence electrons. The molecule has 0 saturated carbocycles. The number of methoxy groups -OCH3 is 1. The average molecular weight is 399 g/mol. The van der Waals surface area contributed by atoms with Gasteiger partial charge in [0.25, 0.3) is 0 Å². The highest BCUT2D eigenvalue weighted by Crippen LogP contribution is 2.31. The topological polar surface area (TPSA) is 52.6 Å². The smallest absolute Gasteiger partial charge is 0.157 e. The maximum absolute atomic E-state index is 6.01. The first kappa shape index (κ1) is 19.3. The van der Waals surface area contributed by atoms with E-state index in [1.165, 1.54) is 16.3 Å². The van der Waals surface area contributed by atoms with E-state index < -0.39 is 0 Å². The third-order valence-electron chi connectivity index (χ3n) is 5.08. The van der Waals surface area contributed by atoms with E-state index in [1.807, 2.05) is 17.6 Å². The van der Waals surface area contributed by atoms with Crippen LogP contribution in [0.3, 0.4) is 0 Å². The van der Waals surface area contributed by atoms with Crippen LogP contribution >= 0.6 is 11.3 Å². The predicted octanol–water partition coefficient (Wildman–Crippen LogP) is 4.33. The minimum atomic E-state index is -0.104. The fraction of sp³-hybridized carbons (Fsp3) is 0.409. The molecule has 28 heavy (non-hydrogen) atoms. The third-order valence-corrected chi connectivity index (χ3v) is 5.86. The summed E-state index contributed by atoms with van der Waals surface area (Å²) in [5, 5.41) is 8.97. The summed E-state index contributed by atoms with van der Waals surface area (Å²) in [6, 6.07) is 12.6. The van der Waals surface area contributed by atoms with E-state index in [2.05, 4.69) is 40.6 Å². The van der Waals surface area contributed by atoms with Crippen molar-refractivity contribution in [2.75, 3.05) is 26.9 Å². The molecule has 0 amide bonds. The van der Waals surface area contributed by atoms with Crippen molar-refractivity contribution in [3.63, 3.8) is 0 Å². The second-order valence-electron chi connectivity index (χ2n) is 6.97. The minimum absolute atomic E-state index is 0.104. The molecule has 1 aromatic heterocycles. The molecular weight excluding hydrogens is 372 g/mol. The molecule has 0 bridgehead atoms. The summed E-state index contributed by atoms with van der Waals surface area (Å²) < 4.78 is 17.4. The largest absolute Gasteiger partial charge is 0.497 e. The maximum Gasteiger partial charge on any atom is 0.157 e. The molecular formula is C22H26N2O3S. The number of nitrogens with one attached hydrogen (secondary N) is 1. The van der Waals surface area contributed by atoms with Gasteiger partial charge in [-0.15, -0.1) is 11.3 Å². The van der Waals surface area contributed by atoms with Gasteiger partial charge in [-0.05, 0) is 47.9 Å². The predicted molar refractivity (Wildman–Crippen MR) is 112 cm³/mol. The number of hydrogen-bond acceptors (Lipinski definition) is 6. The van der Waals surface area contributed by atoms with E-state index in [1.54, 1.807) is 18.4 Å². The Hall–Kier alpha value is -1.99. The van der Waals surface area contributed by atoms with E-state index in [-0.39, 0.29) is 12.2 Å². The van der Waals surface area contributed by atoms with E-state index in [4.69, 9.17) is 14.2 Å². The van der Waals surface area contributed by atoms with Gasteiger partial charge in [0.2, 0.25) is 0 Å². The molecule has 1 N–H and O–H groups in total. The molecule has 0 atom stereocenters. The van der Waals surface area contributed by atoms with Gasteiger partial charge in [0.1, 0.15) is 10.8 Å². The minimum Gasteiger partial charge on any atom is -0.497 e. The Morgan fingerprint density at radius 1 is 1.21 bits per heavy atom. The molecule has 1 aliphatic heterocycles. The second kappa shape index (κ2) is 9.47. The highest BCUT2D eigenvalue weighted by Gasteiger charge is 2.24. The SMILES string of the molecule is COc1ccc2c(C3COC(CCCNCc4nccs4)OC3)cccc2c1. The zero-order valence-electron chi connectivity index (χ0n) is 16.1. The zero-order chi connectivity index (χ0) is 19.2. The van der Waals surface area contributed by atoms with Gasteiger partial charge in [0.15, 0.2) is 6.29 Å². The number of benzene rings is 2. The van der Waals surface area contributed by atoms with Crippen molar-refractivity contribution in [2.24, 2.45) is 0 Å². The number of fused-ring (bicyclic) bond motifs is 1. The van der Waals surface area contributed by atoms with Crippen molar-refractivity contribution in [1.29, 1.82) is 0 Å². The van der Waals surface area contributed by atoms with Crippen LogP contribution in [0.5, 0.6) is 5.75 Å². The molecule has 2 heterocycles.